The number of hydrogen-bond acceptors (Lipinski definition) is 5. The van der Waals surface area contributed by atoms with Crippen molar-refractivity contribution in [3.05, 3.63) is 88.4 Å². The van der Waals surface area contributed by atoms with E-state index in [1.54, 1.807) is 7.05 Å². The van der Waals surface area contributed by atoms with Crippen LogP contribution in [0, 0.1) is 0 Å². The van der Waals surface area contributed by atoms with Crippen LogP contribution < -0.4 is 4.90 Å². The number of amides is 1. The second-order valence-corrected chi connectivity index (χ2v) is 11.2. The highest BCUT2D eigenvalue weighted by molar-refractivity contribution is 7.89. The minimum absolute atomic E-state index is 0.0485. The Morgan fingerprint density at radius 2 is 1.79 bits per heavy atom. The lowest BCUT2D eigenvalue weighted by atomic mass is 10.0. The number of aromatic nitrogens is 1. The van der Waals surface area contributed by atoms with Crippen LogP contribution in [-0.4, -0.2) is 37.2 Å². The first-order valence-electron chi connectivity index (χ1n) is 10.3. The van der Waals surface area contributed by atoms with Gasteiger partial charge in [-0.2, -0.15) is 4.31 Å². The molecule has 0 saturated carbocycles. The van der Waals surface area contributed by atoms with Crippen LogP contribution in [0.15, 0.2) is 71.6 Å². The molecule has 0 saturated heterocycles. The molecule has 168 valence electrons. The quantitative estimate of drug-likeness (QED) is 0.399. The second kappa shape index (κ2) is 8.53. The van der Waals surface area contributed by atoms with E-state index >= 15 is 0 Å². The summed E-state index contributed by atoms with van der Waals surface area (Å²) >= 11 is 7.72. The third-order valence-corrected chi connectivity index (χ3v) is 9.06. The maximum Gasteiger partial charge on any atom is 0.261 e. The number of benzene rings is 3. The van der Waals surface area contributed by atoms with E-state index in [1.165, 1.54) is 38.7 Å². The molecular formula is C24H20ClN3O3S2. The number of hydrogen-bond donors (Lipinski definition) is 0. The summed E-state index contributed by atoms with van der Waals surface area (Å²) in [7, 11) is -2.19. The number of thiazole rings is 1. The average Bonchev–Trinajstić information content (AvgIpc) is 3.27. The van der Waals surface area contributed by atoms with Gasteiger partial charge in [0, 0.05) is 20.1 Å². The summed E-state index contributed by atoms with van der Waals surface area (Å²) in [6.45, 7) is 0.687. The summed E-state index contributed by atoms with van der Waals surface area (Å²) in [6, 6.07) is 19.7. The molecule has 33 heavy (non-hydrogen) atoms. The molecule has 2 heterocycles. The molecule has 4 aromatic rings. The van der Waals surface area contributed by atoms with Crippen LogP contribution in [0.3, 0.4) is 0 Å². The maximum absolute atomic E-state index is 13.4. The summed E-state index contributed by atoms with van der Waals surface area (Å²) < 4.78 is 29.2. The van der Waals surface area contributed by atoms with E-state index in [1.807, 2.05) is 48.5 Å². The van der Waals surface area contributed by atoms with Crippen LogP contribution in [0.5, 0.6) is 0 Å². The summed E-state index contributed by atoms with van der Waals surface area (Å²) in [6.07, 6.45) is 0.648. The van der Waals surface area contributed by atoms with Crippen molar-refractivity contribution < 1.29 is 13.2 Å². The Labute approximate surface area is 201 Å². The molecule has 0 unspecified atom stereocenters. The Hall–Kier alpha value is -2.78. The van der Waals surface area contributed by atoms with Gasteiger partial charge in [0.15, 0.2) is 5.13 Å². The van der Waals surface area contributed by atoms with Gasteiger partial charge in [-0.05, 0) is 47.9 Å². The summed E-state index contributed by atoms with van der Waals surface area (Å²) in [5.74, 6) is -0.417. The highest BCUT2D eigenvalue weighted by Gasteiger charge is 2.30. The molecule has 0 bridgehead atoms. The monoisotopic (exact) mass is 497 g/mol. The molecule has 0 aliphatic carbocycles. The Balaban J connectivity index is 1.45. The van der Waals surface area contributed by atoms with Gasteiger partial charge in [-0.1, -0.05) is 59.3 Å². The van der Waals surface area contributed by atoms with Crippen molar-refractivity contribution in [2.24, 2.45) is 0 Å². The molecule has 0 radical (unpaired) electrons. The average molecular weight is 498 g/mol. The molecule has 1 aliphatic rings. The highest BCUT2D eigenvalue weighted by Crippen LogP contribution is 2.31. The Bertz CT molecular complexity index is 1450. The van der Waals surface area contributed by atoms with Gasteiger partial charge in [0.2, 0.25) is 10.0 Å². The normalized spacial score (nSPS) is 14.2. The van der Waals surface area contributed by atoms with Crippen LogP contribution >= 0.6 is 22.9 Å². The smallest absolute Gasteiger partial charge is 0.261 e. The highest BCUT2D eigenvalue weighted by atomic mass is 35.5. The molecule has 1 amide bonds. The van der Waals surface area contributed by atoms with Gasteiger partial charge in [0.1, 0.15) is 0 Å². The predicted molar refractivity (Wildman–Crippen MR) is 132 cm³/mol. The van der Waals surface area contributed by atoms with E-state index in [4.69, 9.17) is 11.6 Å². The van der Waals surface area contributed by atoms with E-state index < -0.39 is 15.9 Å². The Morgan fingerprint density at radius 1 is 1.06 bits per heavy atom. The van der Waals surface area contributed by atoms with Crippen LogP contribution in [-0.2, 0) is 23.0 Å². The lowest BCUT2D eigenvalue weighted by Crippen LogP contribution is -2.36. The fraction of sp³-hybridized carbons (Fsp3) is 0.167. The lowest BCUT2D eigenvalue weighted by molar-refractivity contribution is 0.0993. The van der Waals surface area contributed by atoms with Crippen molar-refractivity contribution in [2.45, 2.75) is 17.9 Å². The molecule has 0 atom stereocenters. The Kier molecular flexibility index (Phi) is 5.70. The number of para-hydroxylation sites is 1. The van der Waals surface area contributed by atoms with E-state index in [-0.39, 0.29) is 15.5 Å². The molecule has 0 N–H and O–H groups in total. The van der Waals surface area contributed by atoms with E-state index in [2.05, 4.69) is 4.98 Å². The van der Waals surface area contributed by atoms with Crippen LogP contribution in [0.4, 0.5) is 5.13 Å². The van der Waals surface area contributed by atoms with Crippen molar-refractivity contribution in [3.8, 4) is 0 Å². The van der Waals surface area contributed by atoms with Gasteiger partial charge in [-0.25, -0.2) is 13.4 Å². The number of fused-ring (bicyclic) bond motifs is 2. The molecule has 0 spiro atoms. The van der Waals surface area contributed by atoms with E-state index in [0.29, 0.717) is 24.6 Å². The first kappa shape index (κ1) is 22.0. The predicted octanol–water partition coefficient (Wildman–Crippen LogP) is 4.97. The van der Waals surface area contributed by atoms with E-state index in [0.717, 1.165) is 21.3 Å². The third kappa shape index (κ3) is 4.04. The lowest BCUT2D eigenvalue weighted by Gasteiger charge is -2.28. The molecule has 6 nitrogen and oxygen atoms in total. The minimum atomic E-state index is -3.80. The molecule has 0 fully saturated rings. The fourth-order valence-corrected chi connectivity index (χ4v) is 6.49. The number of carbonyl (C=O) groups excluding carboxylic acids is 1. The van der Waals surface area contributed by atoms with Crippen molar-refractivity contribution in [2.75, 3.05) is 18.5 Å². The molecule has 3 aromatic carbocycles. The molecule has 9 heteroatoms. The van der Waals surface area contributed by atoms with Crippen LogP contribution in [0.1, 0.15) is 21.5 Å². The molecular weight excluding hydrogens is 478 g/mol. The minimum Gasteiger partial charge on any atom is -0.287 e. The van der Waals surface area contributed by atoms with Gasteiger partial charge in [0.25, 0.3) is 5.91 Å². The SMILES string of the molecule is CN(C(=O)c1cc(S(=O)(=O)N2CCc3ccccc3C2)ccc1Cl)c1nc2ccccc2s1. The number of sulfonamides is 1. The zero-order valence-corrected chi connectivity index (χ0v) is 20.1. The number of halogens is 1. The van der Waals surface area contributed by atoms with Crippen molar-refractivity contribution in [3.63, 3.8) is 0 Å². The van der Waals surface area contributed by atoms with Gasteiger partial charge in [-0.15, -0.1) is 0 Å². The zero-order chi connectivity index (χ0) is 23.2. The summed E-state index contributed by atoms with van der Waals surface area (Å²) in [5.41, 5.74) is 3.07. The fourth-order valence-electron chi connectivity index (χ4n) is 3.92. The molecule has 1 aliphatic heterocycles. The van der Waals surface area contributed by atoms with Crippen LogP contribution in [0.25, 0.3) is 10.2 Å². The zero-order valence-electron chi connectivity index (χ0n) is 17.7. The maximum atomic E-state index is 13.4. The number of carbonyl (C=O) groups is 1. The van der Waals surface area contributed by atoms with Crippen molar-refractivity contribution in [1.29, 1.82) is 0 Å². The number of anilines is 1. The largest absolute Gasteiger partial charge is 0.287 e. The third-order valence-electron chi connectivity index (χ3n) is 5.78. The Morgan fingerprint density at radius 3 is 2.58 bits per heavy atom. The van der Waals surface area contributed by atoms with Gasteiger partial charge < -0.3 is 0 Å². The van der Waals surface area contributed by atoms with Gasteiger partial charge in [0.05, 0.1) is 25.7 Å². The van der Waals surface area contributed by atoms with Crippen molar-refractivity contribution in [1.82, 2.24) is 9.29 Å². The number of rotatable bonds is 4. The van der Waals surface area contributed by atoms with Crippen LogP contribution in [0.2, 0.25) is 5.02 Å². The topological polar surface area (TPSA) is 70.6 Å². The molecule has 1 aromatic heterocycles. The summed E-state index contributed by atoms with van der Waals surface area (Å²) in [4.78, 5) is 19.2. The first-order chi connectivity index (χ1) is 15.8. The first-order valence-corrected chi connectivity index (χ1v) is 13.0. The van der Waals surface area contributed by atoms with E-state index in [9.17, 15) is 13.2 Å². The second-order valence-electron chi connectivity index (χ2n) is 7.83. The van der Waals surface area contributed by atoms with Crippen molar-refractivity contribution >= 4 is 54.2 Å². The molecule has 5 rings (SSSR count). The van der Waals surface area contributed by atoms with Gasteiger partial charge >= 0.3 is 0 Å². The standard InChI is InChI=1S/C24H20ClN3O3S2/c1-27(24-26-21-8-4-5-9-22(21)32-24)23(29)19-14-18(10-11-20(19)25)33(30,31)28-13-12-16-6-2-3-7-17(16)15-28/h2-11,14H,12-13,15H2,1H3. The number of nitrogens with zero attached hydrogens (tertiary/aromatic N) is 3. The summed E-state index contributed by atoms with van der Waals surface area (Å²) in [5, 5.41) is 0.703. The van der Waals surface area contributed by atoms with Gasteiger partial charge in [-0.3, -0.25) is 9.69 Å².